The van der Waals surface area contributed by atoms with Crippen LogP contribution in [0.3, 0.4) is 0 Å². The minimum absolute atomic E-state index is 0.101. The van der Waals surface area contributed by atoms with Crippen LogP contribution in [0.1, 0.15) is 31.7 Å². The molecule has 1 aliphatic heterocycles. The SMILES string of the molecule is NCCOc1cccc2c1Nc1nc(=O)n(C3CCC(NN)CC3)cc1O2. The molecule has 0 spiro atoms. The van der Waals surface area contributed by atoms with E-state index in [1.165, 1.54) is 0 Å². The van der Waals surface area contributed by atoms with Gasteiger partial charge in [0.25, 0.3) is 0 Å². The molecule has 0 atom stereocenters. The van der Waals surface area contributed by atoms with Crippen molar-refractivity contribution < 1.29 is 9.47 Å². The average Bonchev–Trinajstić information content (AvgIpc) is 2.70. The fourth-order valence-corrected chi connectivity index (χ4v) is 3.64. The summed E-state index contributed by atoms with van der Waals surface area (Å²) in [7, 11) is 0. The molecule has 0 radical (unpaired) electrons. The monoisotopic (exact) mass is 372 g/mol. The number of fused-ring (bicyclic) bond motifs is 2. The van der Waals surface area contributed by atoms with E-state index in [-0.39, 0.29) is 11.7 Å². The maximum Gasteiger partial charge on any atom is 0.350 e. The third kappa shape index (κ3) is 3.48. The summed E-state index contributed by atoms with van der Waals surface area (Å²) in [5.74, 6) is 7.68. The number of nitrogens with one attached hydrogen (secondary N) is 2. The number of benzene rings is 1. The van der Waals surface area contributed by atoms with Crippen LogP contribution < -0.4 is 37.5 Å². The summed E-state index contributed by atoms with van der Waals surface area (Å²) >= 11 is 0. The molecule has 6 N–H and O–H groups in total. The Hall–Kier alpha value is -2.62. The molecule has 1 saturated carbocycles. The molecule has 0 bridgehead atoms. The molecule has 4 rings (SSSR count). The van der Waals surface area contributed by atoms with Crippen molar-refractivity contribution in [3.63, 3.8) is 0 Å². The molecule has 2 heterocycles. The number of nitrogens with two attached hydrogens (primary N) is 2. The molecule has 1 aliphatic carbocycles. The highest BCUT2D eigenvalue weighted by atomic mass is 16.5. The lowest BCUT2D eigenvalue weighted by Gasteiger charge is -2.30. The van der Waals surface area contributed by atoms with Crippen molar-refractivity contribution in [1.82, 2.24) is 15.0 Å². The second kappa shape index (κ2) is 7.55. The van der Waals surface area contributed by atoms with Crippen molar-refractivity contribution in [1.29, 1.82) is 0 Å². The van der Waals surface area contributed by atoms with Gasteiger partial charge in [0.1, 0.15) is 18.0 Å². The van der Waals surface area contributed by atoms with Gasteiger partial charge in [-0.25, -0.2) is 4.79 Å². The lowest BCUT2D eigenvalue weighted by molar-refractivity contribution is 0.284. The van der Waals surface area contributed by atoms with E-state index in [9.17, 15) is 4.79 Å². The molecular weight excluding hydrogens is 348 g/mol. The second-order valence-corrected chi connectivity index (χ2v) is 6.81. The van der Waals surface area contributed by atoms with Crippen molar-refractivity contribution in [2.45, 2.75) is 37.8 Å². The van der Waals surface area contributed by atoms with E-state index in [2.05, 4.69) is 15.7 Å². The lowest BCUT2D eigenvalue weighted by atomic mass is 9.91. The molecule has 144 valence electrons. The number of ether oxygens (including phenoxy) is 2. The minimum Gasteiger partial charge on any atom is -0.490 e. The molecule has 0 amide bonds. The summed E-state index contributed by atoms with van der Waals surface area (Å²) in [6.45, 7) is 0.798. The largest absolute Gasteiger partial charge is 0.490 e. The summed E-state index contributed by atoms with van der Waals surface area (Å²) < 4.78 is 13.3. The fourth-order valence-electron chi connectivity index (χ4n) is 3.64. The first-order chi connectivity index (χ1) is 13.2. The average molecular weight is 372 g/mol. The van der Waals surface area contributed by atoms with Crippen molar-refractivity contribution in [3.05, 3.63) is 34.9 Å². The van der Waals surface area contributed by atoms with Gasteiger partial charge in [-0.15, -0.1) is 0 Å². The lowest BCUT2D eigenvalue weighted by Crippen LogP contribution is -2.39. The molecule has 9 heteroatoms. The normalized spacial score (nSPS) is 20.8. The summed E-state index contributed by atoms with van der Waals surface area (Å²) in [6, 6.07) is 5.92. The van der Waals surface area contributed by atoms with Crippen LogP contribution in [-0.4, -0.2) is 28.7 Å². The summed E-state index contributed by atoms with van der Waals surface area (Å²) in [5.41, 5.74) is 8.68. The third-order valence-electron chi connectivity index (χ3n) is 5.07. The number of hydrogen-bond acceptors (Lipinski definition) is 8. The van der Waals surface area contributed by atoms with Gasteiger partial charge in [-0.3, -0.25) is 15.8 Å². The Kier molecular flexibility index (Phi) is 4.97. The first kappa shape index (κ1) is 17.8. The highest BCUT2D eigenvalue weighted by Gasteiger charge is 2.26. The number of hydrazine groups is 1. The highest BCUT2D eigenvalue weighted by molar-refractivity contribution is 5.77. The van der Waals surface area contributed by atoms with Gasteiger partial charge in [0.2, 0.25) is 0 Å². The first-order valence-corrected chi connectivity index (χ1v) is 9.19. The Morgan fingerprint density at radius 2 is 2.11 bits per heavy atom. The topological polar surface area (TPSA) is 129 Å². The van der Waals surface area contributed by atoms with Crippen LogP contribution in [-0.2, 0) is 0 Å². The summed E-state index contributed by atoms with van der Waals surface area (Å²) in [5, 5.41) is 3.16. The number of hydrogen-bond donors (Lipinski definition) is 4. The highest BCUT2D eigenvalue weighted by Crippen LogP contribution is 2.45. The van der Waals surface area contributed by atoms with Crippen LogP contribution in [0.2, 0.25) is 0 Å². The molecule has 1 fully saturated rings. The standard InChI is InChI=1S/C18H24N6O3/c19-8-9-26-13-2-1-3-14-16(13)21-17-15(27-14)10-24(18(25)22-17)12-6-4-11(23-20)5-7-12/h1-3,10-12,23H,4-9,19-20H2,(H,21,22,25). The molecular formula is C18H24N6O3. The molecule has 0 unspecified atom stereocenters. The van der Waals surface area contributed by atoms with E-state index < -0.39 is 0 Å². The summed E-state index contributed by atoms with van der Waals surface area (Å²) in [6.07, 6.45) is 5.34. The number of aromatic nitrogens is 2. The molecule has 0 saturated heterocycles. The Bertz CT molecular complexity index is 876. The zero-order chi connectivity index (χ0) is 18.8. The fraction of sp³-hybridized carbons (Fsp3) is 0.444. The first-order valence-electron chi connectivity index (χ1n) is 9.19. The Balaban J connectivity index is 1.60. The van der Waals surface area contributed by atoms with E-state index in [0.717, 1.165) is 25.7 Å². The molecule has 27 heavy (non-hydrogen) atoms. The molecule has 2 aromatic rings. The van der Waals surface area contributed by atoms with Crippen molar-refractivity contribution in [2.75, 3.05) is 18.5 Å². The van der Waals surface area contributed by atoms with Gasteiger partial charge in [-0.2, -0.15) is 4.98 Å². The van der Waals surface area contributed by atoms with E-state index in [1.54, 1.807) is 10.8 Å². The maximum atomic E-state index is 12.6. The second-order valence-electron chi connectivity index (χ2n) is 6.81. The zero-order valence-electron chi connectivity index (χ0n) is 15.0. The van der Waals surface area contributed by atoms with Crippen molar-refractivity contribution in [3.8, 4) is 17.2 Å². The van der Waals surface area contributed by atoms with Gasteiger partial charge in [-0.1, -0.05) is 6.07 Å². The van der Waals surface area contributed by atoms with Crippen LogP contribution in [0.5, 0.6) is 17.2 Å². The van der Waals surface area contributed by atoms with Crippen LogP contribution in [0.25, 0.3) is 0 Å². The van der Waals surface area contributed by atoms with Gasteiger partial charge in [0.05, 0.1) is 6.20 Å². The number of anilines is 2. The van der Waals surface area contributed by atoms with Crippen LogP contribution in [0.4, 0.5) is 11.5 Å². The van der Waals surface area contributed by atoms with E-state index in [0.29, 0.717) is 47.9 Å². The smallest absolute Gasteiger partial charge is 0.350 e. The quantitative estimate of drug-likeness (QED) is 0.390. The van der Waals surface area contributed by atoms with Gasteiger partial charge in [-0.05, 0) is 37.8 Å². The Morgan fingerprint density at radius 3 is 2.85 bits per heavy atom. The predicted molar refractivity (Wildman–Crippen MR) is 101 cm³/mol. The van der Waals surface area contributed by atoms with E-state index >= 15 is 0 Å². The summed E-state index contributed by atoms with van der Waals surface area (Å²) in [4.78, 5) is 16.8. The number of nitrogens with zero attached hydrogens (tertiary/aromatic N) is 2. The van der Waals surface area contributed by atoms with E-state index in [4.69, 9.17) is 21.1 Å². The van der Waals surface area contributed by atoms with Gasteiger partial charge >= 0.3 is 5.69 Å². The van der Waals surface area contributed by atoms with Crippen LogP contribution in [0.15, 0.2) is 29.2 Å². The number of para-hydroxylation sites is 1. The van der Waals surface area contributed by atoms with Crippen molar-refractivity contribution >= 4 is 11.5 Å². The molecule has 1 aromatic carbocycles. The number of rotatable bonds is 5. The minimum atomic E-state index is -0.294. The van der Waals surface area contributed by atoms with Crippen LogP contribution >= 0.6 is 0 Å². The Labute approximate surface area is 156 Å². The van der Waals surface area contributed by atoms with Gasteiger partial charge in [0.15, 0.2) is 17.3 Å². The van der Waals surface area contributed by atoms with Gasteiger partial charge in [0, 0.05) is 18.6 Å². The zero-order valence-corrected chi connectivity index (χ0v) is 15.0. The van der Waals surface area contributed by atoms with Gasteiger partial charge < -0.3 is 20.5 Å². The molecule has 2 aliphatic rings. The predicted octanol–water partition coefficient (Wildman–Crippen LogP) is 1.38. The maximum absolute atomic E-state index is 12.6. The Morgan fingerprint density at radius 1 is 1.30 bits per heavy atom. The third-order valence-corrected chi connectivity index (χ3v) is 5.07. The van der Waals surface area contributed by atoms with Crippen LogP contribution in [0, 0.1) is 0 Å². The molecule has 9 nitrogen and oxygen atoms in total. The molecule has 1 aromatic heterocycles. The van der Waals surface area contributed by atoms with E-state index in [1.807, 2.05) is 18.2 Å². The van der Waals surface area contributed by atoms with Crippen molar-refractivity contribution in [2.24, 2.45) is 11.6 Å².